The molecule has 0 radical (unpaired) electrons. The first kappa shape index (κ1) is 12.9. The van der Waals surface area contributed by atoms with E-state index < -0.39 is 17.6 Å². The van der Waals surface area contributed by atoms with Crippen molar-refractivity contribution in [1.82, 2.24) is 0 Å². The van der Waals surface area contributed by atoms with Crippen molar-refractivity contribution in [1.29, 1.82) is 0 Å². The molecular weight excluding hydrogens is 250 g/mol. The lowest BCUT2D eigenvalue weighted by molar-refractivity contribution is -0.137. The lowest BCUT2D eigenvalue weighted by Gasteiger charge is -2.28. The summed E-state index contributed by atoms with van der Waals surface area (Å²) >= 11 is 0. The minimum atomic E-state index is -4.57. The number of alkyl halides is 3. The molecule has 2 nitrogen and oxygen atoms in total. The van der Waals surface area contributed by atoms with Crippen LogP contribution in [0.4, 0.5) is 23.2 Å². The highest BCUT2D eigenvalue weighted by atomic mass is 19.4. The predicted molar refractivity (Wildman–Crippen MR) is 57.9 cm³/mol. The van der Waals surface area contributed by atoms with Crippen molar-refractivity contribution < 1.29 is 22.4 Å². The van der Waals surface area contributed by atoms with Gasteiger partial charge in [0, 0.05) is 31.6 Å². The molecule has 98 valence electrons. The SMILES string of the molecule is O=C1CCN(c2cc(F)cc(C(F)(F)F)c2)CC1. The lowest BCUT2D eigenvalue weighted by atomic mass is 10.1. The molecular formula is C12H11F4NO. The summed E-state index contributed by atoms with van der Waals surface area (Å²) in [7, 11) is 0. The maximum atomic E-state index is 13.2. The van der Waals surface area contributed by atoms with Crippen LogP contribution in [0.1, 0.15) is 18.4 Å². The van der Waals surface area contributed by atoms with Crippen molar-refractivity contribution >= 4 is 11.5 Å². The Morgan fingerprint density at radius 2 is 1.67 bits per heavy atom. The monoisotopic (exact) mass is 261 g/mol. The second-order valence-corrected chi connectivity index (χ2v) is 4.22. The molecule has 1 aromatic rings. The first-order valence-electron chi connectivity index (χ1n) is 5.51. The van der Waals surface area contributed by atoms with Crippen LogP contribution in [-0.2, 0) is 11.0 Å². The Hall–Kier alpha value is -1.59. The molecule has 0 unspecified atom stereocenters. The van der Waals surface area contributed by atoms with Crippen LogP contribution in [0.25, 0.3) is 0 Å². The number of halogens is 4. The van der Waals surface area contributed by atoms with Gasteiger partial charge in [-0.15, -0.1) is 0 Å². The summed E-state index contributed by atoms with van der Waals surface area (Å²) in [6.07, 6.45) is -3.99. The van der Waals surface area contributed by atoms with Gasteiger partial charge in [0.15, 0.2) is 0 Å². The number of ketones is 1. The maximum Gasteiger partial charge on any atom is 0.416 e. The summed E-state index contributed by atoms with van der Waals surface area (Å²) in [5.74, 6) is -0.838. The number of hydrogen-bond acceptors (Lipinski definition) is 2. The van der Waals surface area contributed by atoms with Crippen molar-refractivity contribution in [3.63, 3.8) is 0 Å². The summed E-state index contributed by atoms with van der Waals surface area (Å²) in [6.45, 7) is 0.666. The van der Waals surface area contributed by atoms with Gasteiger partial charge in [0.05, 0.1) is 5.56 Å². The Kier molecular flexibility index (Phi) is 3.28. The van der Waals surface area contributed by atoms with Crippen molar-refractivity contribution in [3.05, 3.63) is 29.6 Å². The summed E-state index contributed by atoms with van der Waals surface area (Å²) < 4.78 is 50.8. The van der Waals surface area contributed by atoms with E-state index in [1.54, 1.807) is 4.90 Å². The average molecular weight is 261 g/mol. The first-order valence-corrected chi connectivity index (χ1v) is 5.51. The largest absolute Gasteiger partial charge is 0.416 e. The molecule has 0 bridgehead atoms. The van der Waals surface area contributed by atoms with Crippen LogP contribution in [0, 0.1) is 5.82 Å². The topological polar surface area (TPSA) is 20.3 Å². The Labute approximate surface area is 101 Å². The Balaban J connectivity index is 2.28. The molecule has 1 aliphatic heterocycles. The van der Waals surface area contributed by atoms with Crippen LogP contribution in [-0.4, -0.2) is 18.9 Å². The number of rotatable bonds is 1. The van der Waals surface area contributed by atoms with Gasteiger partial charge in [0.2, 0.25) is 0 Å². The van der Waals surface area contributed by atoms with Crippen molar-refractivity contribution in [2.45, 2.75) is 19.0 Å². The van der Waals surface area contributed by atoms with Gasteiger partial charge in [-0.2, -0.15) is 13.2 Å². The van der Waals surface area contributed by atoms with E-state index in [1.165, 1.54) is 0 Å². The van der Waals surface area contributed by atoms with Crippen LogP contribution >= 0.6 is 0 Å². The molecule has 1 saturated heterocycles. The van der Waals surface area contributed by atoms with Crippen LogP contribution in [0.15, 0.2) is 18.2 Å². The summed E-state index contributed by atoms with van der Waals surface area (Å²) in [5, 5.41) is 0. The quantitative estimate of drug-likeness (QED) is 0.724. The Morgan fingerprint density at radius 1 is 1.06 bits per heavy atom. The molecule has 18 heavy (non-hydrogen) atoms. The summed E-state index contributed by atoms with van der Waals surface area (Å²) in [5.41, 5.74) is -0.829. The lowest BCUT2D eigenvalue weighted by Crippen LogP contribution is -2.33. The molecule has 1 fully saturated rings. The number of carbonyl (C=O) groups excluding carboxylic acids is 1. The van der Waals surface area contributed by atoms with Gasteiger partial charge in [0.25, 0.3) is 0 Å². The third kappa shape index (κ3) is 2.80. The molecule has 1 aliphatic rings. The van der Waals surface area contributed by atoms with E-state index in [-0.39, 0.29) is 24.3 Å². The second kappa shape index (κ2) is 4.59. The van der Waals surface area contributed by atoms with Gasteiger partial charge in [-0.1, -0.05) is 0 Å². The highest BCUT2D eigenvalue weighted by Crippen LogP contribution is 2.33. The van der Waals surface area contributed by atoms with Crippen LogP contribution in [0.2, 0.25) is 0 Å². The number of anilines is 1. The minimum absolute atomic E-state index is 0.0821. The molecule has 0 aromatic heterocycles. The third-order valence-electron chi connectivity index (χ3n) is 2.90. The fourth-order valence-corrected chi connectivity index (χ4v) is 1.93. The molecule has 0 atom stereocenters. The van der Waals surface area contributed by atoms with Gasteiger partial charge in [-0.25, -0.2) is 4.39 Å². The van der Waals surface area contributed by atoms with E-state index in [2.05, 4.69) is 0 Å². The number of carbonyl (C=O) groups is 1. The molecule has 1 heterocycles. The molecule has 0 saturated carbocycles. The van der Waals surface area contributed by atoms with E-state index in [9.17, 15) is 22.4 Å². The predicted octanol–water partition coefficient (Wildman–Crippen LogP) is 3.01. The molecule has 6 heteroatoms. The number of Topliss-reactive ketones (excluding diaryl/α,β-unsaturated/α-hetero) is 1. The maximum absolute atomic E-state index is 13.2. The third-order valence-corrected chi connectivity index (χ3v) is 2.90. The molecule has 1 aromatic carbocycles. The number of benzene rings is 1. The van der Waals surface area contributed by atoms with E-state index in [0.717, 1.165) is 12.1 Å². The van der Waals surface area contributed by atoms with Gasteiger partial charge in [-0.3, -0.25) is 4.79 Å². The second-order valence-electron chi connectivity index (χ2n) is 4.22. The summed E-state index contributed by atoms with van der Waals surface area (Å²) in [6, 6.07) is 2.45. The number of piperidine rings is 1. The van der Waals surface area contributed by atoms with Gasteiger partial charge < -0.3 is 4.90 Å². The smallest absolute Gasteiger partial charge is 0.371 e. The van der Waals surface area contributed by atoms with Crippen molar-refractivity contribution in [2.24, 2.45) is 0 Å². The van der Waals surface area contributed by atoms with Crippen molar-refractivity contribution in [3.8, 4) is 0 Å². The highest BCUT2D eigenvalue weighted by molar-refractivity contribution is 5.81. The van der Waals surface area contributed by atoms with E-state index >= 15 is 0 Å². The number of nitrogens with zero attached hydrogens (tertiary/aromatic N) is 1. The van der Waals surface area contributed by atoms with Crippen molar-refractivity contribution in [2.75, 3.05) is 18.0 Å². The fraction of sp³-hybridized carbons (Fsp3) is 0.417. The number of hydrogen-bond donors (Lipinski definition) is 0. The van der Waals surface area contributed by atoms with Crippen LogP contribution in [0.5, 0.6) is 0 Å². The van der Waals surface area contributed by atoms with Gasteiger partial charge in [-0.05, 0) is 18.2 Å². The molecule has 0 N–H and O–H groups in total. The minimum Gasteiger partial charge on any atom is -0.371 e. The zero-order valence-corrected chi connectivity index (χ0v) is 9.43. The molecule has 0 aliphatic carbocycles. The van der Waals surface area contributed by atoms with E-state index in [4.69, 9.17) is 0 Å². The van der Waals surface area contributed by atoms with Crippen LogP contribution < -0.4 is 4.90 Å². The van der Waals surface area contributed by atoms with E-state index in [1.807, 2.05) is 0 Å². The zero-order valence-electron chi connectivity index (χ0n) is 9.43. The van der Waals surface area contributed by atoms with Gasteiger partial charge >= 0.3 is 6.18 Å². The highest BCUT2D eigenvalue weighted by Gasteiger charge is 2.32. The molecule has 0 amide bonds. The zero-order chi connectivity index (χ0) is 13.3. The Morgan fingerprint density at radius 3 is 2.22 bits per heavy atom. The molecule has 2 rings (SSSR count). The standard InChI is InChI=1S/C12H11F4NO/c13-9-5-8(12(14,15)16)6-10(7-9)17-3-1-11(18)2-4-17/h5-7H,1-4H2. The first-order chi connectivity index (χ1) is 8.36. The normalized spacial score (nSPS) is 17.1. The fourth-order valence-electron chi connectivity index (χ4n) is 1.93. The van der Waals surface area contributed by atoms with Crippen LogP contribution in [0.3, 0.4) is 0 Å². The Bertz CT molecular complexity index is 460. The van der Waals surface area contributed by atoms with Gasteiger partial charge in [0.1, 0.15) is 11.6 Å². The average Bonchev–Trinajstić information content (AvgIpc) is 2.28. The summed E-state index contributed by atoms with van der Waals surface area (Å²) in [4.78, 5) is 12.6. The molecule has 0 spiro atoms. The van der Waals surface area contributed by atoms with E-state index in [0.29, 0.717) is 19.2 Å².